The number of alkyl halides is 3. The molecule has 1 aromatic rings. The third-order valence-electron chi connectivity index (χ3n) is 4.00. The summed E-state index contributed by atoms with van der Waals surface area (Å²) in [5.74, 6) is 0.977. The van der Waals surface area contributed by atoms with Crippen LogP contribution >= 0.6 is 0 Å². The lowest BCUT2D eigenvalue weighted by molar-refractivity contribution is -0.141. The molecule has 2 unspecified atom stereocenters. The number of halogens is 3. The van der Waals surface area contributed by atoms with Crippen molar-refractivity contribution in [2.45, 2.75) is 25.1 Å². The van der Waals surface area contributed by atoms with Crippen LogP contribution in [0.5, 0.6) is 0 Å². The van der Waals surface area contributed by atoms with Crippen LogP contribution in [0.25, 0.3) is 0 Å². The van der Waals surface area contributed by atoms with Crippen molar-refractivity contribution in [1.29, 1.82) is 0 Å². The molecule has 3 heterocycles. The van der Waals surface area contributed by atoms with Crippen LogP contribution in [0.1, 0.15) is 18.5 Å². The number of anilines is 1. The van der Waals surface area contributed by atoms with E-state index in [1.165, 1.54) is 6.07 Å². The standard InChI is InChI=1S/C13H16F3N3/c14-13(15,16)11-2-1-3-12(18-11)19-7-5-10-9(8-19)4-6-17-10/h1-3,9-10,17H,4-8H2. The molecule has 0 radical (unpaired) electrons. The largest absolute Gasteiger partial charge is 0.433 e. The van der Waals surface area contributed by atoms with Crippen molar-refractivity contribution < 1.29 is 13.2 Å². The van der Waals surface area contributed by atoms with Crippen LogP contribution in [-0.4, -0.2) is 30.7 Å². The Morgan fingerprint density at radius 1 is 1.26 bits per heavy atom. The smallest absolute Gasteiger partial charge is 0.356 e. The van der Waals surface area contributed by atoms with Gasteiger partial charge in [0.1, 0.15) is 11.5 Å². The molecule has 0 aromatic carbocycles. The Kier molecular flexibility index (Phi) is 3.12. The molecule has 2 aliphatic rings. The average molecular weight is 271 g/mol. The second-order valence-electron chi connectivity index (χ2n) is 5.22. The quantitative estimate of drug-likeness (QED) is 0.849. The Labute approximate surface area is 109 Å². The van der Waals surface area contributed by atoms with Gasteiger partial charge in [-0.05, 0) is 37.4 Å². The van der Waals surface area contributed by atoms with E-state index in [9.17, 15) is 13.2 Å². The van der Waals surface area contributed by atoms with Gasteiger partial charge in [0.2, 0.25) is 0 Å². The maximum Gasteiger partial charge on any atom is 0.433 e. The summed E-state index contributed by atoms with van der Waals surface area (Å²) in [6, 6.07) is 4.65. The first-order valence-electron chi connectivity index (χ1n) is 6.56. The Balaban J connectivity index is 1.79. The molecule has 0 bridgehead atoms. The Morgan fingerprint density at radius 3 is 2.89 bits per heavy atom. The van der Waals surface area contributed by atoms with E-state index in [0.717, 1.165) is 38.5 Å². The van der Waals surface area contributed by atoms with Gasteiger partial charge in [-0.15, -0.1) is 0 Å². The fourth-order valence-corrected chi connectivity index (χ4v) is 3.01. The molecular formula is C13H16F3N3. The number of piperidine rings is 1. The van der Waals surface area contributed by atoms with Crippen LogP contribution in [0.15, 0.2) is 18.2 Å². The van der Waals surface area contributed by atoms with Gasteiger partial charge < -0.3 is 10.2 Å². The van der Waals surface area contributed by atoms with Crippen LogP contribution in [0.3, 0.4) is 0 Å². The zero-order chi connectivity index (χ0) is 13.5. The molecule has 2 atom stereocenters. The predicted molar refractivity (Wildman–Crippen MR) is 66.0 cm³/mol. The SMILES string of the molecule is FC(F)(F)c1cccc(N2CCC3NCCC3C2)n1. The van der Waals surface area contributed by atoms with E-state index in [-0.39, 0.29) is 0 Å². The minimum Gasteiger partial charge on any atom is -0.356 e. The molecule has 6 heteroatoms. The fourth-order valence-electron chi connectivity index (χ4n) is 3.01. The second kappa shape index (κ2) is 4.67. The van der Waals surface area contributed by atoms with Gasteiger partial charge in [0.05, 0.1) is 0 Å². The molecule has 0 aliphatic carbocycles. The Morgan fingerprint density at radius 2 is 2.11 bits per heavy atom. The summed E-state index contributed by atoms with van der Waals surface area (Å²) in [6.45, 7) is 2.58. The predicted octanol–water partition coefficient (Wildman–Crippen LogP) is 2.29. The van der Waals surface area contributed by atoms with Crippen LogP contribution in [-0.2, 0) is 6.18 Å². The van der Waals surface area contributed by atoms with Crippen molar-refractivity contribution in [2.24, 2.45) is 5.92 Å². The van der Waals surface area contributed by atoms with Crippen LogP contribution in [0.2, 0.25) is 0 Å². The van der Waals surface area contributed by atoms with Gasteiger partial charge >= 0.3 is 6.18 Å². The van der Waals surface area contributed by atoms with E-state index in [0.29, 0.717) is 17.8 Å². The number of fused-ring (bicyclic) bond motifs is 1. The van der Waals surface area contributed by atoms with Crippen LogP contribution in [0.4, 0.5) is 19.0 Å². The van der Waals surface area contributed by atoms with Crippen LogP contribution in [0, 0.1) is 5.92 Å². The topological polar surface area (TPSA) is 28.2 Å². The monoisotopic (exact) mass is 271 g/mol. The summed E-state index contributed by atoms with van der Waals surface area (Å²) in [7, 11) is 0. The average Bonchev–Trinajstić information content (AvgIpc) is 2.85. The summed E-state index contributed by atoms with van der Waals surface area (Å²) in [5, 5.41) is 3.44. The lowest BCUT2D eigenvalue weighted by atomic mass is 9.93. The van der Waals surface area contributed by atoms with Crippen molar-refractivity contribution in [3.05, 3.63) is 23.9 Å². The van der Waals surface area contributed by atoms with Crippen molar-refractivity contribution >= 4 is 5.82 Å². The molecule has 3 nitrogen and oxygen atoms in total. The highest BCUT2D eigenvalue weighted by molar-refractivity contribution is 5.40. The first-order valence-corrected chi connectivity index (χ1v) is 6.56. The fraction of sp³-hybridized carbons (Fsp3) is 0.615. The van der Waals surface area contributed by atoms with E-state index in [1.54, 1.807) is 6.07 Å². The lowest BCUT2D eigenvalue weighted by Crippen LogP contribution is -2.44. The number of nitrogens with one attached hydrogen (secondary N) is 1. The number of pyridine rings is 1. The van der Waals surface area contributed by atoms with E-state index in [4.69, 9.17) is 0 Å². The van der Waals surface area contributed by atoms with Gasteiger partial charge in [-0.2, -0.15) is 13.2 Å². The summed E-state index contributed by atoms with van der Waals surface area (Å²) in [6.07, 6.45) is -2.30. The van der Waals surface area contributed by atoms with Gasteiger partial charge in [0.15, 0.2) is 0 Å². The number of hydrogen-bond donors (Lipinski definition) is 1. The van der Waals surface area contributed by atoms with E-state index >= 15 is 0 Å². The molecule has 19 heavy (non-hydrogen) atoms. The van der Waals surface area contributed by atoms with Gasteiger partial charge in [-0.3, -0.25) is 0 Å². The molecule has 2 saturated heterocycles. The maximum absolute atomic E-state index is 12.7. The van der Waals surface area contributed by atoms with Gasteiger partial charge in [-0.25, -0.2) is 4.98 Å². The third-order valence-corrected chi connectivity index (χ3v) is 4.00. The first kappa shape index (κ1) is 12.7. The summed E-state index contributed by atoms with van der Waals surface area (Å²) >= 11 is 0. The van der Waals surface area contributed by atoms with Crippen molar-refractivity contribution in [3.8, 4) is 0 Å². The molecule has 1 N–H and O–H groups in total. The highest BCUT2D eigenvalue weighted by atomic mass is 19.4. The molecule has 1 aromatic heterocycles. The molecule has 0 saturated carbocycles. The van der Waals surface area contributed by atoms with Crippen LogP contribution < -0.4 is 10.2 Å². The molecule has 0 spiro atoms. The number of hydrogen-bond acceptors (Lipinski definition) is 3. The summed E-state index contributed by atoms with van der Waals surface area (Å²) < 4.78 is 38.0. The molecule has 3 rings (SSSR count). The van der Waals surface area contributed by atoms with E-state index < -0.39 is 11.9 Å². The minimum atomic E-state index is -4.37. The first-order chi connectivity index (χ1) is 9.04. The van der Waals surface area contributed by atoms with Crippen molar-refractivity contribution in [2.75, 3.05) is 24.5 Å². The number of rotatable bonds is 1. The zero-order valence-corrected chi connectivity index (χ0v) is 10.5. The van der Waals surface area contributed by atoms with Gasteiger partial charge in [0, 0.05) is 19.1 Å². The van der Waals surface area contributed by atoms with Crippen molar-refractivity contribution in [1.82, 2.24) is 10.3 Å². The highest BCUT2D eigenvalue weighted by Gasteiger charge is 2.35. The minimum absolute atomic E-state index is 0.445. The molecule has 2 aliphatic heterocycles. The van der Waals surface area contributed by atoms with E-state index in [2.05, 4.69) is 10.3 Å². The van der Waals surface area contributed by atoms with E-state index in [1.807, 2.05) is 4.90 Å². The number of nitrogens with zero attached hydrogens (tertiary/aromatic N) is 2. The maximum atomic E-state index is 12.7. The molecular weight excluding hydrogens is 255 g/mol. The summed E-state index contributed by atoms with van der Waals surface area (Å²) in [4.78, 5) is 5.74. The normalized spacial score (nSPS) is 27.4. The highest BCUT2D eigenvalue weighted by Crippen LogP contribution is 2.31. The molecule has 2 fully saturated rings. The number of aromatic nitrogens is 1. The third kappa shape index (κ3) is 2.54. The van der Waals surface area contributed by atoms with Crippen molar-refractivity contribution in [3.63, 3.8) is 0 Å². The molecule has 104 valence electrons. The Hall–Kier alpha value is -1.30. The zero-order valence-electron chi connectivity index (χ0n) is 10.5. The second-order valence-corrected chi connectivity index (χ2v) is 5.22. The Bertz CT molecular complexity index is 461. The van der Waals surface area contributed by atoms with Gasteiger partial charge in [-0.1, -0.05) is 6.07 Å². The van der Waals surface area contributed by atoms with Gasteiger partial charge in [0.25, 0.3) is 0 Å². The molecule has 0 amide bonds. The summed E-state index contributed by atoms with van der Waals surface area (Å²) in [5.41, 5.74) is -0.809. The lowest BCUT2D eigenvalue weighted by Gasteiger charge is -2.35.